The van der Waals surface area contributed by atoms with E-state index in [1.165, 1.54) is 11.1 Å². The predicted molar refractivity (Wildman–Crippen MR) is 82.4 cm³/mol. The Morgan fingerprint density at radius 1 is 1.10 bits per heavy atom. The number of imidazole rings is 1. The molecule has 3 heteroatoms. The van der Waals surface area contributed by atoms with Crippen molar-refractivity contribution in [3.8, 4) is 0 Å². The van der Waals surface area contributed by atoms with Crippen LogP contribution in [0.1, 0.15) is 36.6 Å². The Morgan fingerprint density at radius 3 is 2.60 bits per heavy atom. The highest BCUT2D eigenvalue weighted by molar-refractivity contribution is 5.68. The topological polar surface area (TPSA) is 30.2 Å². The van der Waals surface area contributed by atoms with Gasteiger partial charge in [-0.1, -0.05) is 44.2 Å². The molecule has 1 aromatic carbocycles. The van der Waals surface area contributed by atoms with E-state index in [2.05, 4.69) is 54.2 Å². The first kappa shape index (κ1) is 12.6. The largest absolute Gasteiger partial charge is 0.291 e. The highest BCUT2D eigenvalue weighted by Crippen LogP contribution is 2.16. The van der Waals surface area contributed by atoms with Gasteiger partial charge in [0.15, 0.2) is 0 Å². The normalized spacial score (nSPS) is 11.8. The van der Waals surface area contributed by atoms with Crippen molar-refractivity contribution in [2.24, 2.45) is 0 Å². The van der Waals surface area contributed by atoms with Gasteiger partial charge in [0.1, 0.15) is 0 Å². The molecule has 0 amide bonds. The molecule has 0 saturated carbocycles. The summed E-state index contributed by atoms with van der Waals surface area (Å²) in [7, 11) is 0. The lowest BCUT2D eigenvalue weighted by atomic mass is 10.0. The van der Waals surface area contributed by atoms with Gasteiger partial charge in [0.25, 0.3) is 0 Å². The molecule has 0 atom stereocenters. The molecular weight excluding hydrogens is 246 g/mol. The molecule has 0 aliphatic rings. The number of benzene rings is 1. The Hall–Kier alpha value is -2.42. The highest BCUT2D eigenvalue weighted by Gasteiger charge is 1.99. The van der Waals surface area contributed by atoms with Gasteiger partial charge in [0.05, 0.1) is 5.69 Å². The monoisotopic (exact) mass is 263 g/mol. The number of aromatic nitrogens is 3. The van der Waals surface area contributed by atoms with Crippen molar-refractivity contribution in [1.82, 2.24) is 14.4 Å². The van der Waals surface area contributed by atoms with Crippen molar-refractivity contribution in [2.45, 2.75) is 19.8 Å². The minimum absolute atomic E-state index is 0.567. The van der Waals surface area contributed by atoms with Crippen molar-refractivity contribution in [3.05, 3.63) is 65.7 Å². The Labute approximate surface area is 118 Å². The van der Waals surface area contributed by atoms with Crippen LogP contribution < -0.4 is 0 Å². The molecule has 2 heterocycles. The smallest absolute Gasteiger partial charge is 0.234 e. The molecule has 2 aromatic heterocycles. The summed E-state index contributed by atoms with van der Waals surface area (Å²) in [6.45, 7) is 4.41. The van der Waals surface area contributed by atoms with E-state index >= 15 is 0 Å². The molecule has 3 rings (SSSR count). The van der Waals surface area contributed by atoms with Gasteiger partial charge in [-0.05, 0) is 29.2 Å². The van der Waals surface area contributed by atoms with E-state index in [0.29, 0.717) is 5.92 Å². The SMILES string of the molecule is CC(C)c1ccc(/C=C/c2cn3cccnc3n2)cc1. The average Bonchev–Trinajstić information content (AvgIpc) is 2.88. The summed E-state index contributed by atoms with van der Waals surface area (Å²) in [5.74, 6) is 1.29. The van der Waals surface area contributed by atoms with Crippen LogP contribution in [0, 0.1) is 0 Å². The van der Waals surface area contributed by atoms with Crippen LogP contribution in [0.25, 0.3) is 17.9 Å². The summed E-state index contributed by atoms with van der Waals surface area (Å²) in [4.78, 5) is 8.64. The lowest BCUT2D eigenvalue weighted by Crippen LogP contribution is -1.85. The van der Waals surface area contributed by atoms with Crippen LogP contribution in [0.2, 0.25) is 0 Å². The third-order valence-electron chi connectivity index (χ3n) is 3.30. The van der Waals surface area contributed by atoms with Gasteiger partial charge >= 0.3 is 0 Å². The van der Waals surface area contributed by atoms with Crippen molar-refractivity contribution >= 4 is 17.9 Å². The van der Waals surface area contributed by atoms with Crippen molar-refractivity contribution < 1.29 is 0 Å². The second-order valence-electron chi connectivity index (χ2n) is 5.15. The zero-order chi connectivity index (χ0) is 13.9. The first-order chi connectivity index (χ1) is 9.72. The van der Waals surface area contributed by atoms with E-state index in [-0.39, 0.29) is 0 Å². The third kappa shape index (κ3) is 2.62. The van der Waals surface area contributed by atoms with Gasteiger partial charge in [-0.3, -0.25) is 4.40 Å². The maximum absolute atomic E-state index is 4.44. The molecule has 3 aromatic rings. The second kappa shape index (κ2) is 5.29. The molecule has 0 unspecified atom stereocenters. The predicted octanol–water partition coefficient (Wildman–Crippen LogP) is 4.02. The van der Waals surface area contributed by atoms with E-state index in [4.69, 9.17) is 0 Å². The minimum atomic E-state index is 0.567. The van der Waals surface area contributed by atoms with Gasteiger partial charge in [0, 0.05) is 18.6 Å². The van der Waals surface area contributed by atoms with E-state index in [0.717, 1.165) is 11.5 Å². The summed E-state index contributed by atoms with van der Waals surface area (Å²) >= 11 is 0. The van der Waals surface area contributed by atoms with Gasteiger partial charge in [0.2, 0.25) is 5.78 Å². The lowest BCUT2D eigenvalue weighted by Gasteiger charge is -2.04. The summed E-state index contributed by atoms with van der Waals surface area (Å²) in [6.07, 6.45) is 9.76. The molecule has 0 N–H and O–H groups in total. The van der Waals surface area contributed by atoms with Crippen LogP contribution in [-0.4, -0.2) is 14.4 Å². The molecule has 0 spiro atoms. The van der Waals surface area contributed by atoms with Crippen LogP contribution >= 0.6 is 0 Å². The summed E-state index contributed by atoms with van der Waals surface area (Å²) in [6, 6.07) is 10.5. The fourth-order valence-corrected chi connectivity index (χ4v) is 2.10. The Balaban J connectivity index is 1.82. The first-order valence-corrected chi connectivity index (χ1v) is 6.80. The van der Waals surface area contributed by atoms with Crippen LogP contribution in [-0.2, 0) is 0 Å². The summed E-state index contributed by atoms with van der Waals surface area (Å²) in [5, 5.41) is 0. The molecule has 0 aliphatic carbocycles. The van der Waals surface area contributed by atoms with Crippen molar-refractivity contribution in [1.29, 1.82) is 0 Å². The lowest BCUT2D eigenvalue weighted by molar-refractivity contribution is 0.866. The second-order valence-corrected chi connectivity index (χ2v) is 5.15. The highest BCUT2D eigenvalue weighted by atomic mass is 15.1. The standard InChI is InChI=1S/C17H17N3/c1-13(2)15-7-4-14(5-8-15)6-9-16-12-20-11-3-10-18-17(20)19-16/h3-13H,1-2H3/b9-6+. The summed E-state index contributed by atoms with van der Waals surface area (Å²) in [5.41, 5.74) is 3.45. The van der Waals surface area contributed by atoms with Crippen LogP contribution in [0.4, 0.5) is 0 Å². The van der Waals surface area contributed by atoms with Gasteiger partial charge < -0.3 is 0 Å². The fraction of sp³-hybridized carbons (Fsp3) is 0.176. The number of hydrogen-bond acceptors (Lipinski definition) is 2. The van der Waals surface area contributed by atoms with Gasteiger partial charge in [-0.25, -0.2) is 9.97 Å². The van der Waals surface area contributed by atoms with Crippen molar-refractivity contribution in [2.75, 3.05) is 0 Å². The number of fused-ring (bicyclic) bond motifs is 1. The van der Waals surface area contributed by atoms with Gasteiger partial charge in [-0.2, -0.15) is 0 Å². The quantitative estimate of drug-likeness (QED) is 0.714. The maximum atomic E-state index is 4.44. The minimum Gasteiger partial charge on any atom is -0.291 e. The van der Waals surface area contributed by atoms with Crippen LogP contribution in [0.15, 0.2) is 48.9 Å². The molecule has 3 nitrogen and oxygen atoms in total. The molecule has 0 fully saturated rings. The molecule has 0 saturated heterocycles. The maximum Gasteiger partial charge on any atom is 0.234 e. The molecule has 0 aliphatic heterocycles. The summed E-state index contributed by atoms with van der Waals surface area (Å²) < 4.78 is 1.92. The fourth-order valence-electron chi connectivity index (χ4n) is 2.10. The molecular formula is C17H17N3. The van der Waals surface area contributed by atoms with Crippen LogP contribution in [0.3, 0.4) is 0 Å². The number of nitrogens with zero attached hydrogens (tertiary/aromatic N) is 3. The molecule has 100 valence electrons. The van der Waals surface area contributed by atoms with Crippen molar-refractivity contribution in [3.63, 3.8) is 0 Å². The molecule has 0 radical (unpaired) electrons. The van der Waals surface area contributed by atoms with E-state index < -0.39 is 0 Å². The molecule has 20 heavy (non-hydrogen) atoms. The average molecular weight is 263 g/mol. The Kier molecular flexibility index (Phi) is 3.33. The van der Waals surface area contributed by atoms with E-state index in [9.17, 15) is 0 Å². The van der Waals surface area contributed by atoms with Crippen LogP contribution in [0.5, 0.6) is 0 Å². The van der Waals surface area contributed by atoms with E-state index in [1.807, 2.05) is 28.9 Å². The number of rotatable bonds is 3. The first-order valence-electron chi connectivity index (χ1n) is 6.80. The molecule has 0 bridgehead atoms. The Bertz CT molecular complexity index is 703. The van der Waals surface area contributed by atoms with Gasteiger partial charge in [-0.15, -0.1) is 0 Å². The zero-order valence-corrected chi connectivity index (χ0v) is 11.7. The zero-order valence-electron chi connectivity index (χ0n) is 11.7. The Morgan fingerprint density at radius 2 is 1.90 bits per heavy atom. The third-order valence-corrected chi connectivity index (χ3v) is 3.30. The van der Waals surface area contributed by atoms with E-state index in [1.54, 1.807) is 6.20 Å². The number of hydrogen-bond donors (Lipinski definition) is 0.